The lowest BCUT2D eigenvalue weighted by atomic mass is 10.3. The number of thioether (sulfide) groups is 1. The van der Waals surface area contributed by atoms with Crippen molar-refractivity contribution in [1.82, 2.24) is 14.8 Å². The number of carbonyl (C=O) groups excluding carboxylic acids is 1. The molecule has 0 atom stereocenters. The Bertz CT molecular complexity index is 854. The van der Waals surface area contributed by atoms with Crippen molar-refractivity contribution in [3.63, 3.8) is 0 Å². The van der Waals surface area contributed by atoms with Crippen LogP contribution in [0.5, 0.6) is 11.5 Å². The SMILES string of the molecule is CCn1c(SCC(=O)Nc2ccc3c(c2)OC(F)(F)O3)nnc1C1CC1. The van der Waals surface area contributed by atoms with Crippen LogP contribution < -0.4 is 14.8 Å². The third kappa shape index (κ3) is 3.46. The quantitative estimate of drug-likeness (QED) is 0.773. The topological polar surface area (TPSA) is 78.3 Å². The van der Waals surface area contributed by atoms with Crippen LogP contribution in [-0.4, -0.2) is 32.7 Å². The number of fused-ring (bicyclic) bond motifs is 1. The Kier molecular flexibility index (Phi) is 4.22. The van der Waals surface area contributed by atoms with E-state index < -0.39 is 6.29 Å². The fraction of sp³-hybridized carbons (Fsp3) is 0.438. The predicted octanol–water partition coefficient (Wildman–Crippen LogP) is 3.23. The molecule has 2 aliphatic rings. The standard InChI is InChI=1S/C16H16F2N4O3S/c1-2-22-14(9-3-4-9)20-21-15(22)26-8-13(23)19-10-5-6-11-12(7-10)25-16(17,18)24-11/h5-7,9H,2-4,8H2,1H3,(H,19,23). The lowest BCUT2D eigenvalue weighted by molar-refractivity contribution is -0.286. The second-order valence-corrected chi connectivity index (χ2v) is 6.97. The number of nitrogens with zero attached hydrogens (tertiary/aromatic N) is 3. The Morgan fingerprint density at radius 1 is 1.35 bits per heavy atom. The minimum Gasteiger partial charge on any atom is -0.395 e. The number of carbonyl (C=O) groups is 1. The highest BCUT2D eigenvalue weighted by molar-refractivity contribution is 7.99. The minimum absolute atomic E-state index is 0.0639. The van der Waals surface area contributed by atoms with Gasteiger partial charge in [-0.25, -0.2) is 0 Å². The summed E-state index contributed by atoms with van der Waals surface area (Å²) in [6.07, 6.45) is -1.41. The highest BCUT2D eigenvalue weighted by Crippen LogP contribution is 2.42. The molecule has 1 amide bonds. The van der Waals surface area contributed by atoms with Crippen molar-refractivity contribution < 1.29 is 23.0 Å². The molecule has 138 valence electrons. The first-order chi connectivity index (χ1) is 12.4. The Labute approximate surface area is 152 Å². The second kappa shape index (κ2) is 6.42. The van der Waals surface area contributed by atoms with Crippen LogP contribution in [0.3, 0.4) is 0 Å². The summed E-state index contributed by atoms with van der Waals surface area (Å²) in [7, 11) is 0. The number of benzene rings is 1. The Morgan fingerprint density at radius 2 is 2.12 bits per heavy atom. The van der Waals surface area contributed by atoms with E-state index in [1.54, 1.807) is 0 Å². The average molecular weight is 382 g/mol. The molecule has 2 heterocycles. The van der Waals surface area contributed by atoms with Gasteiger partial charge in [-0.2, -0.15) is 0 Å². The molecule has 0 spiro atoms. The summed E-state index contributed by atoms with van der Waals surface area (Å²) in [5, 5.41) is 11.7. The number of alkyl halides is 2. The molecular weight excluding hydrogens is 366 g/mol. The van der Waals surface area contributed by atoms with Crippen molar-refractivity contribution in [2.24, 2.45) is 0 Å². The van der Waals surface area contributed by atoms with Gasteiger partial charge in [0.25, 0.3) is 0 Å². The molecule has 26 heavy (non-hydrogen) atoms. The maximum atomic E-state index is 13.0. The lowest BCUT2D eigenvalue weighted by Crippen LogP contribution is -2.25. The van der Waals surface area contributed by atoms with Gasteiger partial charge in [-0.1, -0.05) is 11.8 Å². The summed E-state index contributed by atoms with van der Waals surface area (Å²) >= 11 is 1.29. The molecule has 1 aromatic heterocycles. The molecule has 1 N–H and O–H groups in total. The van der Waals surface area contributed by atoms with Crippen LogP contribution in [0.1, 0.15) is 31.5 Å². The van der Waals surface area contributed by atoms with Crippen LogP contribution in [0.2, 0.25) is 0 Å². The molecule has 1 aliphatic carbocycles. The van der Waals surface area contributed by atoms with E-state index in [1.807, 2.05) is 11.5 Å². The smallest absolute Gasteiger partial charge is 0.395 e. The first-order valence-electron chi connectivity index (χ1n) is 8.21. The van der Waals surface area contributed by atoms with E-state index in [4.69, 9.17) is 0 Å². The van der Waals surface area contributed by atoms with Crippen LogP contribution in [-0.2, 0) is 11.3 Å². The fourth-order valence-corrected chi connectivity index (χ4v) is 3.51. The molecular formula is C16H16F2N4O3S. The van der Waals surface area contributed by atoms with Gasteiger partial charge in [0.05, 0.1) is 5.75 Å². The van der Waals surface area contributed by atoms with Crippen LogP contribution in [0.15, 0.2) is 23.4 Å². The lowest BCUT2D eigenvalue weighted by Gasteiger charge is -2.07. The number of hydrogen-bond acceptors (Lipinski definition) is 6. The highest BCUT2D eigenvalue weighted by Gasteiger charge is 2.43. The molecule has 4 rings (SSSR count). The molecule has 1 saturated carbocycles. The predicted molar refractivity (Wildman–Crippen MR) is 89.7 cm³/mol. The fourth-order valence-electron chi connectivity index (χ4n) is 2.70. The van der Waals surface area contributed by atoms with Gasteiger partial charge >= 0.3 is 6.29 Å². The van der Waals surface area contributed by atoms with Crippen molar-refractivity contribution in [2.75, 3.05) is 11.1 Å². The number of amides is 1. The van der Waals surface area contributed by atoms with Crippen molar-refractivity contribution >= 4 is 23.4 Å². The van der Waals surface area contributed by atoms with Crippen LogP contribution in [0, 0.1) is 0 Å². The summed E-state index contributed by atoms with van der Waals surface area (Å²) in [6, 6.07) is 4.11. The molecule has 0 bridgehead atoms. The molecule has 7 nitrogen and oxygen atoms in total. The van der Waals surface area contributed by atoms with Gasteiger partial charge in [0.1, 0.15) is 5.82 Å². The number of rotatable bonds is 6. The second-order valence-electron chi connectivity index (χ2n) is 6.03. The number of hydrogen-bond donors (Lipinski definition) is 1. The average Bonchev–Trinajstić information content (AvgIpc) is 3.26. The van der Waals surface area contributed by atoms with Crippen molar-refractivity contribution in [3.8, 4) is 11.5 Å². The first-order valence-corrected chi connectivity index (χ1v) is 9.19. The van der Waals surface area contributed by atoms with E-state index in [0.717, 1.165) is 25.2 Å². The summed E-state index contributed by atoms with van der Waals surface area (Å²) in [4.78, 5) is 12.2. The Morgan fingerprint density at radius 3 is 2.85 bits per heavy atom. The zero-order valence-electron chi connectivity index (χ0n) is 13.9. The summed E-state index contributed by atoms with van der Waals surface area (Å²) in [6.45, 7) is 2.76. The number of anilines is 1. The third-order valence-corrected chi connectivity index (χ3v) is 4.99. The normalized spacial score (nSPS) is 17.3. The number of aromatic nitrogens is 3. The monoisotopic (exact) mass is 382 g/mol. The van der Waals surface area contributed by atoms with E-state index in [2.05, 4.69) is 25.0 Å². The molecule has 1 aromatic carbocycles. The molecule has 10 heteroatoms. The van der Waals surface area contributed by atoms with E-state index in [-0.39, 0.29) is 23.2 Å². The zero-order chi connectivity index (χ0) is 18.3. The van der Waals surface area contributed by atoms with Gasteiger partial charge in [0.2, 0.25) is 5.91 Å². The minimum atomic E-state index is -3.68. The Hall–Kier alpha value is -2.36. The van der Waals surface area contributed by atoms with Gasteiger partial charge in [0, 0.05) is 24.2 Å². The van der Waals surface area contributed by atoms with Crippen molar-refractivity contribution in [2.45, 2.75) is 43.7 Å². The number of nitrogens with one attached hydrogen (secondary N) is 1. The highest BCUT2D eigenvalue weighted by atomic mass is 32.2. The van der Waals surface area contributed by atoms with E-state index in [0.29, 0.717) is 16.8 Å². The van der Waals surface area contributed by atoms with Crippen LogP contribution in [0.4, 0.5) is 14.5 Å². The van der Waals surface area contributed by atoms with Crippen molar-refractivity contribution in [3.05, 3.63) is 24.0 Å². The van der Waals surface area contributed by atoms with E-state index >= 15 is 0 Å². The molecule has 2 aromatic rings. The molecule has 0 radical (unpaired) electrons. The van der Waals surface area contributed by atoms with Gasteiger partial charge in [-0.05, 0) is 31.9 Å². The maximum Gasteiger partial charge on any atom is 0.586 e. The van der Waals surface area contributed by atoms with Crippen LogP contribution >= 0.6 is 11.8 Å². The van der Waals surface area contributed by atoms with Gasteiger partial charge in [-0.15, -0.1) is 19.0 Å². The van der Waals surface area contributed by atoms with Crippen molar-refractivity contribution in [1.29, 1.82) is 0 Å². The van der Waals surface area contributed by atoms with E-state index in [9.17, 15) is 13.6 Å². The molecule has 1 fully saturated rings. The number of halogens is 2. The number of ether oxygens (including phenoxy) is 2. The summed E-state index contributed by atoms with van der Waals surface area (Å²) in [5.41, 5.74) is 0.353. The van der Waals surface area contributed by atoms with Gasteiger partial charge < -0.3 is 19.4 Å². The Balaban J connectivity index is 1.37. The van der Waals surface area contributed by atoms with Gasteiger partial charge in [-0.3, -0.25) is 4.79 Å². The first kappa shape index (κ1) is 17.1. The van der Waals surface area contributed by atoms with Crippen LogP contribution in [0.25, 0.3) is 0 Å². The zero-order valence-corrected chi connectivity index (χ0v) is 14.7. The van der Waals surface area contributed by atoms with E-state index in [1.165, 1.54) is 30.0 Å². The van der Waals surface area contributed by atoms with Gasteiger partial charge in [0.15, 0.2) is 16.7 Å². The molecule has 0 saturated heterocycles. The molecule has 1 aliphatic heterocycles. The third-order valence-electron chi connectivity index (χ3n) is 4.02. The molecule has 0 unspecified atom stereocenters. The maximum absolute atomic E-state index is 13.0. The summed E-state index contributed by atoms with van der Waals surface area (Å²) in [5.74, 6) is 1.14. The summed E-state index contributed by atoms with van der Waals surface area (Å²) < 4.78 is 36.8. The largest absolute Gasteiger partial charge is 0.586 e.